The molecule has 0 spiro atoms. The van der Waals surface area contributed by atoms with Crippen molar-refractivity contribution in [2.45, 2.75) is 18.9 Å². The lowest BCUT2D eigenvalue weighted by Gasteiger charge is -2.09. The van der Waals surface area contributed by atoms with E-state index in [0.29, 0.717) is 5.82 Å². The van der Waals surface area contributed by atoms with E-state index in [1.807, 2.05) is 41.9 Å². The van der Waals surface area contributed by atoms with E-state index in [-0.39, 0.29) is 6.04 Å². The molecule has 1 aliphatic rings. The second-order valence-corrected chi connectivity index (χ2v) is 6.09. The van der Waals surface area contributed by atoms with Gasteiger partial charge in [0.25, 0.3) is 10.2 Å². The fourth-order valence-corrected chi connectivity index (χ4v) is 3.18. The van der Waals surface area contributed by atoms with E-state index in [1.54, 1.807) is 0 Å². The number of rotatable bonds is 4. The molecule has 1 heterocycles. The lowest BCUT2D eigenvalue weighted by atomic mass is 10.2. The molecule has 0 radical (unpaired) electrons. The molecule has 0 saturated heterocycles. The van der Waals surface area contributed by atoms with Crippen molar-refractivity contribution in [3.8, 4) is 0 Å². The van der Waals surface area contributed by atoms with Gasteiger partial charge < -0.3 is 4.57 Å². The number of aryl methyl sites for hydroxylation is 1. The molecular weight excluding hydrogens is 250 g/mol. The maximum absolute atomic E-state index is 11.8. The summed E-state index contributed by atoms with van der Waals surface area (Å²) in [5.74, 6) is 0.573. The highest BCUT2D eigenvalue weighted by atomic mass is 32.2. The largest absolute Gasteiger partial charge is 0.330 e. The highest BCUT2D eigenvalue weighted by Crippen LogP contribution is 2.24. The zero-order valence-electron chi connectivity index (χ0n) is 10.1. The third-order valence-corrected chi connectivity index (χ3v) is 4.21. The fraction of sp³-hybridized carbons (Fsp3) is 0.333. The van der Waals surface area contributed by atoms with Crippen LogP contribution in [0, 0.1) is 0 Å². The Balaban J connectivity index is 1.92. The molecule has 1 saturated carbocycles. The normalized spacial score (nSPS) is 16.1. The molecule has 6 heteroatoms. The van der Waals surface area contributed by atoms with Crippen molar-refractivity contribution in [1.82, 2.24) is 9.29 Å². The van der Waals surface area contributed by atoms with Gasteiger partial charge in [-0.2, -0.15) is 13.1 Å². The first kappa shape index (κ1) is 11.6. The van der Waals surface area contributed by atoms with Crippen LogP contribution in [0.1, 0.15) is 12.8 Å². The molecule has 0 atom stereocenters. The van der Waals surface area contributed by atoms with Gasteiger partial charge in [0.1, 0.15) is 5.82 Å². The van der Waals surface area contributed by atoms with Gasteiger partial charge in [0.15, 0.2) is 0 Å². The Labute approximate surface area is 106 Å². The summed E-state index contributed by atoms with van der Waals surface area (Å²) in [5, 5.41) is 1.02. The van der Waals surface area contributed by atoms with Crippen LogP contribution in [0.3, 0.4) is 0 Å². The first-order chi connectivity index (χ1) is 8.55. The number of aromatic nitrogens is 1. The number of nitrogens with zero attached hydrogens (tertiary/aromatic N) is 1. The maximum Gasteiger partial charge on any atom is 0.300 e. The van der Waals surface area contributed by atoms with Crippen molar-refractivity contribution < 1.29 is 8.42 Å². The molecule has 18 heavy (non-hydrogen) atoms. The lowest BCUT2D eigenvalue weighted by molar-refractivity contribution is 0.586. The highest BCUT2D eigenvalue weighted by molar-refractivity contribution is 7.90. The summed E-state index contributed by atoms with van der Waals surface area (Å²) in [6.07, 6.45) is 1.85. The van der Waals surface area contributed by atoms with Crippen molar-refractivity contribution in [3.63, 3.8) is 0 Å². The minimum atomic E-state index is -3.46. The molecule has 2 N–H and O–H groups in total. The Hall–Kier alpha value is -1.53. The summed E-state index contributed by atoms with van der Waals surface area (Å²) in [6.45, 7) is 0. The first-order valence-corrected chi connectivity index (χ1v) is 7.38. The number of anilines is 1. The van der Waals surface area contributed by atoms with Gasteiger partial charge in [-0.25, -0.2) is 0 Å². The van der Waals surface area contributed by atoms with Gasteiger partial charge in [-0.1, -0.05) is 18.2 Å². The van der Waals surface area contributed by atoms with Gasteiger partial charge in [-0.05, 0) is 25.0 Å². The van der Waals surface area contributed by atoms with E-state index >= 15 is 0 Å². The Bertz CT molecular complexity index is 686. The molecule has 1 aliphatic carbocycles. The summed E-state index contributed by atoms with van der Waals surface area (Å²) in [5.41, 5.74) is 1.00. The Morgan fingerprint density at radius 1 is 1.28 bits per heavy atom. The summed E-state index contributed by atoms with van der Waals surface area (Å²) in [7, 11) is -1.62. The van der Waals surface area contributed by atoms with Crippen molar-refractivity contribution in [3.05, 3.63) is 30.3 Å². The van der Waals surface area contributed by atoms with Crippen LogP contribution in [-0.4, -0.2) is 19.0 Å². The summed E-state index contributed by atoms with van der Waals surface area (Å²) >= 11 is 0. The standard InChI is InChI=1S/C12H15N3O2S/c1-15-11-5-3-2-4-9(11)8-12(15)14-18(16,17)13-10-6-7-10/h2-5,8,10,13-14H,6-7H2,1H3. The maximum atomic E-state index is 11.8. The molecule has 2 aromatic rings. The smallest absolute Gasteiger partial charge is 0.300 e. The molecule has 1 fully saturated rings. The van der Waals surface area contributed by atoms with E-state index in [2.05, 4.69) is 9.44 Å². The third-order valence-electron chi connectivity index (χ3n) is 3.09. The van der Waals surface area contributed by atoms with Gasteiger partial charge in [-0.3, -0.25) is 4.72 Å². The van der Waals surface area contributed by atoms with Gasteiger partial charge in [0.2, 0.25) is 0 Å². The quantitative estimate of drug-likeness (QED) is 0.881. The summed E-state index contributed by atoms with van der Waals surface area (Å²) < 4.78 is 30.7. The molecule has 0 amide bonds. The molecule has 1 aromatic heterocycles. The molecule has 1 aromatic carbocycles. The SMILES string of the molecule is Cn1c(NS(=O)(=O)NC2CC2)cc2ccccc21. The Kier molecular flexibility index (Phi) is 2.57. The van der Waals surface area contributed by atoms with Crippen LogP contribution in [0.15, 0.2) is 30.3 Å². The summed E-state index contributed by atoms with van der Waals surface area (Å²) in [6, 6.07) is 9.73. The molecule has 3 rings (SSSR count). The predicted molar refractivity (Wildman–Crippen MR) is 71.6 cm³/mol. The van der Waals surface area contributed by atoms with Crippen LogP contribution < -0.4 is 9.44 Å². The van der Waals surface area contributed by atoms with E-state index in [9.17, 15) is 8.42 Å². The molecule has 5 nitrogen and oxygen atoms in total. The van der Waals surface area contributed by atoms with Gasteiger partial charge >= 0.3 is 0 Å². The summed E-state index contributed by atoms with van der Waals surface area (Å²) in [4.78, 5) is 0. The number of nitrogens with one attached hydrogen (secondary N) is 2. The zero-order chi connectivity index (χ0) is 12.8. The molecule has 96 valence electrons. The van der Waals surface area contributed by atoms with E-state index in [0.717, 1.165) is 23.7 Å². The zero-order valence-corrected chi connectivity index (χ0v) is 10.9. The molecular formula is C12H15N3O2S. The molecule has 0 unspecified atom stereocenters. The molecule has 0 bridgehead atoms. The monoisotopic (exact) mass is 265 g/mol. The van der Waals surface area contributed by atoms with Gasteiger partial charge in [-0.15, -0.1) is 0 Å². The minimum absolute atomic E-state index is 0.109. The van der Waals surface area contributed by atoms with Crippen LogP contribution in [-0.2, 0) is 17.3 Å². The second-order valence-electron chi connectivity index (χ2n) is 4.65. The lowest BCUT2D eigenvalue weighted by Crippen LogP contribution is -2.32. The third kappa shape index (κ3) is 2.21. The van der Waals surface area contributed by atoms with E-state index in [4.69, 9.17) is 0 Å². The predicted octanol–water partition coefficient (Wildman–Crippen LogP) is 1.59. The topological polar surface area (TPSA) is 63.1 Å². The number of hydrogen-bond donors (Lipinski definition) is 2. The van der Waals surface area contributed by atoms with E-state index in [1.165, 1.54) is 0 Å². The average molecular weight is 265 g/mol. The fourth-order valence-electron chi connectivity index (χ4n) is 1.97. The minimum Gasteiger partial charge on any atom is -0.330 e. The number of para-hydroxylation sites is 1. The van der Waals surface area contributed by atoms with Crippen LogP contribution in [0.25, 0.3) is 10.9 Å². The van der Waals surface area contributed by atoms with Crippen molar-refractivity contribution in [1.29, 1.82) is 0 Å². The number of fused-ring (bicyclic) bond motifs is 1. The number of hydrogen-bond acceptors (Lipinski definition) is 2. The van der Waals surface area contributed by atoms with Crippen LogP contribution >= 0.6 is 0 Å². The Morgan fingerprint density at radius 3 is 2.67 bits per heavy atom. The van der Waals surface area contributed by atoms with Crippen molar-refractivity contribution >= 4 is 26.9 Å². The first-order valence-electron chi connectivity index (χ1n) is 5.90. The van der Waals surface area contributed by atoms with Crippen LogP contribution in [0.2, 0.25) is 0 Å². The highest BCUT2D eigenvalue weighted by Gasteiger charge is 2.27. The van der Waals surface area contributed by atoms with Gasteiger partial charge in [0.05, 0.1) is 0 Å². The second kappa shape index (κ2) is 4.00. The van der Waals surface area contributed by atoms with Crippen LogP contribution in [0.5, 0.6) is 0 Å². The van der Waals surface area contributed by atoms with E-state index < -0.39 is 10.2 Å². The van der Waals surface area contributed by atoms with Gasteiger partial charge in [0, 0.05) is 24.0 Å². The van der Waals surface area contributed by atoms with Crippen molar-refractivity contribution in [2.24, 2.45) is 7.05 Å². The van der Waals surface area contributed by atoms with Crippen LogP contribution in [0.4, 0.5) is 5.82 Å². The number of benzene rings is 1. The Morgan fingerprint density at radius 2 is 2.00 bits per heavy atom. The molecule has 0 aliphatic heterocycles. The van der Waals surface area contributed by atoms with Crippen molar-refractivity contribution in [2.75, 3.05) is 4.72 Å². The average Bonchev–Trinajstić information content (AvgIpc) is 3.05.